The number of nitrogens with zero attached hydrogens (tertiary/aromatic N) is 3. The van der Waals surface area contributed by atoms with Crippen LogP contribution in [0.3, 0.4) is 0 Å². The van der Waals surface area contributed by atoms with Crippen LogP contribution in [0, 0.1) is 0 Å². The molecule has 0 saturated carbocycles. The van der Waals surface area contributed by atoms with Gasteiger partial charge in [-0.3, -0.25) is 4.79 Å². The summed E-state index contributed by atoms with van der Waals surface area (Å²) in [5.74, 6) is 3.14. The average molecular weight is 474 g/mol. The molecule has 2 aromatic carbocycles. The van der Waals surface area contributed by atoms with Crippen molar-refractivity contribution < 1.29 is 23.2 Å². The molecular formula is C27H27N3O5. The van der Waals surface area contributed by atoms with Crippen molar-refractivity contribution in [2.75, 3.05) is 27.3 Å². The number of amides is 1. The van der Waals surface area contributed by atoms with Gasteiger partial charge in [0.2, 0.25) is 5.76 Å². The van der Waals surface area contributed by atoms with E-state index in [0.717, 1.165) is 41.2 Å². The minimum atomic E-state index is -0.174. The number of hydrogen-bond donors (Lipinski definition) is 0. The summed E-state index contributed by atoms with van der Waals surface area (Å²) in [6.45, 7) is 1.19. The van der Waals surface area contributed by atoms with E-state index in [1.807, 2.05) is 48.5 Å². The van der Waals surface area contributed by atoms with Crippen LogP contribution < -0.4 is 9.47 Å². The summed E-state index contributed by atoms with van der Waals surface area (Å²) in [5.41, 5.74) is 2.58. The first-order valence-electron chi connectivity index (χ1n) is 11.6. The number of carbonyl (C=O) groups is 1. The van der Waals surface area contributed by atoms with Crippen molar-refractivity contribution in [3.8, 4) is 22.8 Å². The Labute approximate surface area is 203 Å². The van der Waals surface area contributed by atoms with Crippen molar-refractivity contribution in [1.29, 1.82) is 0 Å². The average Bonchev–Trinajstić information content (AvgIpc) is 3.59. The molecule has 5 rings (SSSR count). The fourth-order valence-electron chi connectivity index (χ4n) is 4.33. The van der Waals surface area contributed by atoms with Crippen molar-refractivity contribution in [3.63, 3.8) is 0 Å². The van der Waals surface area contributed by atoms with E-state index in [-0.39, 0.29) is 17.6 Å². The van der Waals surface area contributed by atoms with E-state index in [1.54, 1.807) is 31.4 Å². The molecule has 1 amide bonds. The summed E-state index contributed by atoms with van der Waals surface area (Å²) in [7, 11) is 3.27. The third-order valence-corrected chi connectivity index (χ3v) is 6.27. The number of aromatic nitrogens is 2. The highest BCUT2D eigenvalue weighted by Gasteiger charge is 2.30. The molecule has 1 saturated heterocycles. The fourth-order valence-corrected chi connectivity index (χ4v) is 4.33. The summed E-state index contributed by atoms with van der Waals surface area (Å²) in [6.07, 6.45) is 4.21. The number of methoxy groups -OCH3 is 2. The molecule has 0 bridgehead atoms. The van der Waals surface area contributed by atoms with Crippen LogP contribution in [0.4, 0.5) is 0 Å². The van der Waals surface area contributed by atoms with Gasteiger partial charge in [-0.15, -0.1) is 0 Å². The first-order chi connectivity index (χ1) is 17.1. The molecule has 8 heteroatoms. The van der Waals surface area contributed by atoms with Gasteiger partial charge in [-0.2, -0.15) is 0 Å². The molecule has 1 atom stereocenters. The van der Waals surface area contributed by atoms with Gasteiger partial charge in [0.25, 0.3) is 5.91 Å². The van der Waals surface area contributed by atoms with Crippen molar-refractivity contribution in [3.05, 3.63) is 83.8 Å². The highest BCUT2D eigenvalue weighted by atomic mass is 16.5. The highest BCUT2D eigenvalue weighted by molar-refractivity contribution is 5.92. The van der Waals surface area contributed by atoms with Gasteiger partial charge >= 0.3 is 0 Å². The molecule has 180 valence electrons. The second-order valence-corrected chi connectivity index (χ2v) is 8.58. The summed E-state index contributed by atoms with van der Waals surface area (Å²) < 4.78 is 21.9. The molecule has 0 aliphatic carbocycles. The second-order valence-electron chi connectivity index (χ2n) is 8.58. The number of ether oxygens (including phenoxy) is 2. The Kier molecular flexibility index (Phi) is 6.52. The smallest absolute Gasteiger partial charge is 0.292 e. The van der Waals surface area contributed by atoms with Gasteiger partial charge in [0.05, 0.1) is 26.3 Å². The van der Waals surface area contributed by atoms with Gasteiger partial charge in [0, 0.05) is 31.1 Å². The molecule has 1 fully saturated rings. The zero-order chi connectivity index (χ0) is 24.2. The number of rotatable bonds is 7. The van der Waals surface area contributed by atoms with Gasteiger partial charge in [0.15, 0.2) is 5.89 Å². The highest BCUT2D eigenvalue weighted by Crippen LogP contribution is 2.29. The minimum absolute atomic E-state index is 0.0429. The number of oxazole rings is 1. The maximum absolute atomic E-state index is 13.1. The molecule has 1 aliphatic heterocycles. The molecule has 2 aromatic heterocycles. The third kappa shape index (κ3) is 5.06. The van der Waals surface area contributed by atoms with Crippen LogP contribution in [0.2, 0.25) is 0 Å². The Morgan fingerprint density at radius 1 is 1.06 bits per heavy atom. The number of likely N-dealkylation sites (tertiary alicyclic amines) is 1. The Balaban J connectivity index is 1.23. The van der Waals surface area contributed by atoms with E-state index in [1.165, 1.54) is 0 Å². The molecular weight excluding hydrogens is 446 g/mol. The van der Waals surface area contributed by atoms with Crippen LogP contribution in [0.5, 0.6) is 11.5 Å². The lowest BCUT2D eigenvalue weighted by Gasteiger charge is -2.30. The topological polar surface area (TPSA) is 90.8 Å². The van der Waals surface area contributed by atoms with E-state index in [2.05, 4.69) is 10.1 Å². The summed E-state index contributed by atoms with van der Waals surface area (Å²) in [6, 6.07) is 17.0. The fraction of sp³-hybridized carbons (Fsp3) is 0.296. The molecule has 8 nitrogen and oxygen atoms in total. The quantitative estimate of drug-likeness (QED) is 0.375. The Morgan fingerprint density at radius 2 is 1.77 bits per heavy atom. The van der Waals surface area contributed by atoms with Crippen LogP contribution in [0.15, 0.2) is 69.7 Å². The Bertz CT molecular complexity index is 1280. The molecule has 0 spiro atoms. The lowest BCUT2D eigenvalue weighted by Crippen LogP contribution is -2.39. The SMILES string of the molecule is COc1ccc(Cc2cnc([C@@H]3CCCN(C(=O)c4cc(-c5ccc(OC)cc5)no4)C3)o2)cc1. The molecule has 1 aliphatic rings. The van der Waals surface area contributed by atoms with Gasteiger partial charge in [-0.05, 0) is 54.8 Å². The van der Waals surface area contributed by atoms with E-state index < -0.39 is 0 Å². The predicted molar refractivity (Wildman–Crippen MR) is 129 cm³/mol. The largest absolute Gasteiger partial charge is 0.497 e. The molecule has 35 heavy (non-hydrogen) atoms. The van der Waals surface area contributed by atoms with Crippen molar-refractivity contribution in [2.24, 2.45) is 0 Å². The zero-order valence-corrected chi connectivity index (χ0v) is 19.8. The van der Waals surface area contributed by atoms with Gasteiger partial charge < -0.3 is 23.3 Å². The summed E-state index contributed by atoms with van der Waals surface area (Å²) >= 11 is 0. The van der Waals surface area contributed by atoms with Crippen LogP contribution in [0.1, 0.15) is 46.5 Å². The van der Waals surface area contributed by atoms with Gasteiger partial charge in [0.1, 0.15) is 23.0 Å². The molecule has 0 unspecified atom stereocenters. The minimum Gasteiger partial charge on any atom is -0.497 e. The Hall–Kier alpha value is -4.07. The third-order valence-electron chi connectivity index (χ3n) is 6.27. The van der Waals surface area contributed by atoms with Crippen LogP contribution in [-0.2, 0) is 6.42 Å². The first-order valence-corrected chi connectivity index (χ1v) is 11.6. The van der Waals surface area contributed by atoms with Crippen molar-refractivity contribution in [2.45, 2.75) is 25.2 Å². The predicted octanol–water partition coefficient (Wildman–Crippen LogP) is 4.96. The van der Waals surface area contributed by atoms with E-state index >= 15 is 0 Å². The standard InChI is InChI=1S/C27H27N3O5/c1-32-21-9-5-18(6-10-21)14-23-16-28-26(34-23)20-4-3-13-30(17-20)27(31)25-15-24(29-35-25)19-7-11-22(33-2)12-8-19/h5-12,15-16,20H,3-4,13-14,17H2,1-2H3/t20-/m1/s1. The van der Waals surface area contributed by atoms with Crippen molar-refractivity contribution in [1.82, 2.24) is 15.0 Å². The maximum atomic E-state index is 13.1. The van der Waals surface area contributed by atoms with E-state index in [0.29, 0.717) is 31.1 Å². The lowest BCUT2D eigenvalue weighted by molar-refractivity contribution is 0.0656. The number of piperidine rings is 1. The Morgan fingerprint density at radius 3 is 2.49 bits per heavy atom. The number of carbonyl (C=O) groups excluding carboxylic acids is 1. The maximum Gasteiger partial charge on any atom is 0.292 e. The lowest BCUT2D eigenvalue weighted by atomic mass is 9.97. The van der Waals surface area contributed by atoms with Crippen LogP contribution in [0.25, 0.3) is 11.3 Å². The van der Waals surface area contributed by atoms with E-state index in [4.69, 9.17) is 18.4 Å². The van der Waals surface area contributed by atoms with Crippen molar-refractivity contribution >= 4 is 5.91 Å². The molecule has 4 aromatic rings. The number of benzene rings is 2. The zero-order valence-electron chi connectivity index (χ0n) is 19.8. The van der Waals surface area contributed by atoms with E-state index in [9.17, 15) is 4.79 Å². The van der Waals surface area contributed by atoms with Gasteiger partial charge in [-0.25, -0.2) is 4.98 Å². The monoisotopic (exact) mass is 473 g/mol. The van der Waals surface area contributed by atoms with Crippen LogP contribution >= 0.6 is 0 Å². The van der Waals surface area contributed by atoms with Gasteiger partial charge in [-0.1, -0.05) is 17.3 Å². The van der Waals surface area contributed by atoms with Crippen LogP contribution in [-0.4, -0.2) is 48.3 Å². The first kappa shape index (κ1) is 22.7. The number of hydrogen-bond acceptors (Lipinski definition) is 7. The molecule has 3 heterocycles. The normalized spacial score (nSPS) is 15.7. The summed E-state index contributed by atoms with van der Waals surface area (Å²) in [4.78, 5) is 19.4. The molecule has 0 N–H and O–H groups in total. The molecule has 0 radical (unpaired) electrons. The second kappa shape index (κ2) is 10.0. The summed E-state index contributed by atoms with van der Waals surface area (Å²) in [5, 5.41) is 4.09.